The fraction of sp³-hybridized carbons (Fsp3) is 0.214. The molecule has 0 atom stereocenters. The van der Waals surface area contributed by atoms with E-state index in [4.69, 9.17) is 16.3 Å². The van der Waals surface area contributed by atoms with Gasteiger partial charge in [0.1, 0.15) is 16.6 Å². The van der Waals surface area contributed by atoms with Crippen LogP contribution in [0.4, 0.5) is 5.69 Å². The number of halogens is 1. The third kappa shape index (κ3) is 3.45. The summed E-state index contributed by atoms with van der Waals surface area (Å²) in [7, 11) is 0. The van der Waals surface area contributed by atoms with Crippen molar-refractivity contribution in [3.05, 3.63) is 47.0 Å². The van der Waals surface area contributed by atoms with Crippen molar-refractivity contribution >= 4 is 23.2 Å². The molecule has 5 nitrogen and oxygen atoms in total. The van der Waals surface area contributed by atoms with Gasteiger partial charge in [-0.1, -0.05) is 11.6 Å². The minimum absolute atomic E-state index is 0.211. The molecule has 1 amide bonds. The molecule has 0 spiro atoms. The molecule has 0 saturated carbocycles. The molecule has 0 saturated heterocycles. The van der Waals surface area contributed by atoms with Gasteiger partial charge >= 0.3 is 0 Å². The molecule has 6 heteroatoms. The molecular weight excluding hydrogens is 278 g/mol. The Hall–Kier alpha value is -2.14. The number of rotatable bonds is 4. The Balaban J connectivity index is 2.13. The maximum absolute atomic E-state index is 12.0. The molecule has 1 N–H and O–H groups in total. The van der Waals surface area contributed by atoms with Crippen LogP contribution in [0.1, 0.15) is 23.0 Å². The van der Waals surface area contributed by atoms with Gasteiger partial charge in [0, 0.05) is 5.69 Å². The molecule has 2 aromatic rings. The van der Waals surface area contributed by atoms with Crippen molar-refractivity contribution in [2.75, 3.05) is 11.9 Å². The summed E-state index contributed by atoms with van der Waals surface area (Å²) in [5, 5.41) is 3.02. The second-order valence-electron chi connectivity index (χ2n) is 4.09. The number of hydrogen-bond acceptors (Lipinski definition) is 4. The number of carbonyl (C=O) groups is 1. The van der Waals surface area contributed by atoms with E-state index in [1.54, 1.807) is 12.1 Å². The summed E-state index contributed by atoms with van der Waals surface area (Å²) in [4.78, 5) is 19.7. The topological polar surface area (TPSA) is 64.1 Å². The van der Waals surface area contributed by atoms with E-state index >= 15 is 0 Å². The molecule has 0 unspecified atom stereocenters. The molecule has 0 aliphatic heterocycles. The first-order chi connectivity index (χ1) is 9.60. The molecule has 104 valence electrons. The van der Waals surface area contributed by atoms with E-state index in [1.807, 2.05) is 19.9 Å². The highest BCUT2D eigenvalue weighted by Crippen LogP contribution is 2.21. The Labute approximate surface area is 122 Å². The van der Waals surface area contributed by atoms with Crippen LogP contribution >= 0.6 is 11.6 Å². The number of ether oxygens (including phenoxy) is 1. The smallest absolute Gasteiger partial charge is 0.275 e. The van der Waals surface area contributed by atoms with E-state index < -0.39 is 0 Å². The van der Waals surface area contributed by atoms with Gasteiger partial charge < -0.3 is 10.1 Å². The SMILES string of the molecule is CCOc1ccc(NC(=O)c2cnc(Cl)cn2)c(C)c1. The average Bonchev–Trinajstić information content (AvgIpc) is 2.43. The Morgan fingerprint density at radius 2 is 2.15 bits per heavy atom. The normalized spacial score (nSPS) is 10.2. The highest BCUT2D eigenvalue weighted by atomic mass is 35.5. The fourth-order valence-electron chi connectivity index (χ4n) is 1.65. The molecule has 0 aliphatic carbocycles. The molecule has 1 aromatic carbocycles. The van der Waals surface area contributed by atoms with Crippen molar-refractivity contribution in [2.24, 2.45) is 0 Å². The van der Waals surface area contributed by atoms with E-state index in [0.29, 0.717) is 12.3 Å². The standard InChI is InChI=1S/C14H14ClN3O2/c1-3-20-10-4-5-11(9(2)6-10)18-14(19)12-7-17-13(15)8-16-12/h4-8H,3H2,1-2H3,(H,18,19). The number of benzene rings is 1. The minimum Gasteiger partial charge on any atom is -0.494 e. The molecule has 0 bridgehead atoms. The van der Waals surface area contributed by atoms with Crippen molar-refractivity contribution in [1.82, 2.24) is 9.97 Å². The third-order valence-electron chi connectivity index (χ3n) is 2.61. The Morgan fingerprint density at radius 3 is 2.75 bits per heavy atom. The molecule has 0 radical (unpaired) electrons. The van der Waals surface area contributed by atoms with Crippen molar-refractivity contribution in [3.8, 4) is 5.75 Å². The number of aryl methyl sites for hydroxylation is 1. The first-order valence-corrected chi connectivity index (χ1v) is 6.50. The Kier molecular flexibility index (Phi) is 4.53. The third-order valence-corrected chi connectivity index (χ3v) is 2.81. The highest BCUT2D eigenvalue weighted by Gasteiger charge is 2.10. The zero-order valence-corrected chi connectivity index (χ0v) is 11.9. The van der Waals surface area contributed by atoms with Crippen LogP contribution in [0.25, 0.3) is 0 Å². The molecule has 0 aliphatic rings. The maximum atomic E-state index is 12.0. The number of nitrogens with zero attached hydrogens (tertiary/aromatic N) is 2. The first-order valence-electron chi connectivity index (χ1n) is 6.12. The van der Waals surface area contributed by atoms with Gasteiger partial charge in [0.25, 0.3) is 5.91 Å². The lowest BCUT2D eigenvalue weighted by molar-refractivity contribution is 0.102. The highest BCUT2D eigenvalue weighted by molar-refractivity contribution is 6.29. The second-order valence-corrected chi connectivity index (χ2v) is 4.48. The molecule has 20 heavy (non-hydrogen) atoms. The van der Waals surface area contributed by atoms with Crippen LogP contribution in [0.5, 0.6) is 5.75 Å². The molecule has 1 aromatic heterocycles. The number of carbonyl (C=O) groups excluding carboxylic acids is 1. The monoisotopic (exact) mass is 291 g/mol. The molecular formula is C14H14ClN3O2. The zero-order valence-electron chi connectivity index (χ0n) is 11.2. The van der Waals surface area contributed by atoms with E-state index in [9.17, 15) is 4.79 Å². The van der Waals surface area contributed by atoms with Gasteiger partial charge in [0.15, 0.2) is 0 Å². The number of nitrogens with one attached hydrogen (secondary N) is 1. The van der Waals surface area contributed by atoms with E-state index in [2.05, 4.69) is 15.3 Å². The Morgan fingerprint density at radius 1 is 1.35 bits per heavy atom. The molecule has 2 rings (SSSR count). The lowest BCUT2D eigenvalue weighted by atomic mass is 10.2. The lowest BCUT2D eigenvalue weighted by Gasteiger charge is -2.10. The van der Waals surface area contributed by atoms with Crippen LogP contribution in [0, 0.1) is 6.92 Å². The summed E-state index contributed by atoms with van der Waals surface area (Å²) in [5.41, 5.74) is 1.82. The lowest BCUT2D eigenvalue weighted by Crippen LogP contribution is -2.14. The van der Waals surface area contributed by atoms with Crippen LogP contribution in [0.15, 0.2) is 30.6 Å². The number of hydrogen-bond donors (Lipinski definition) is 1. The predicted octanol–water partition coefficient (Wildman–Crippen LogP) is 3.09. The summed E-state index contributed by atoms with van der Waals surface area (Å²) in [6.45, 7) is 4.42. The van der Waals surface area contributed by atoms with Gasteiger partial charge in [-0.15, -0.1) is 0 Å². The second kappa shape index (κ2) is 6.34. The van der Waals surface area contributed by atoms with Crippen molar-refractivity contribution < 1.29 is 9.53 Å². The number of anilines is 1. The first kappa shape index (κ1) is 14.3. The van der Waals surface area contributed by atoms with Gasteiger partial charge in [-0.05, 0) is 37.6 Å². The van der Waals surface area contributed by atoms with E-state index in [-0.39, 0.29) is 16.8 Å². The van der Waals surface area contributed by atoms with Gasteiger partial charge in [0.05, 0.1) is 19.0 Å². The van der Waals surface area contributed by atoms with Gasteiger partial charge in [-0.2, -0.15) is 0 Å². The minimum atomic E-state index is -0.332. The van der Waals surface area contributed by atoms with E-state index in [0.717, 1.165) is 11.3 Å². The van der Waals surface area contributed by atoms with Crippen LogP contribution in [-0.2, 0) is 0 Å². The van der Waals surface area contributed by atoms with Gasteiger partial charge in [-0.3, -0.25) is 4.79 Å². The average molecular weight is 292 g/mol. The van der Waals surface area contributed by atoms with Crippen LogP contribution in [-0.4, -0.2) is 22.5 Å². The summed E-state index contributed by atoms with van der Waals surface area (Å²) in [6.07, 6.45) is 2.67. The van der Waals surface area contributed by atoms with Gasteiger partial charge in [0.2, 0.25) is 0 Å². The Bertz CT molecular complexity index is 614. The van der Waals surface area contributed by atoms with Crippen molar-refractivity contribution in [3.63, 3.8) is 0 Å². The summed E-state index contributed by atoms with van der Waals surface area (Å²) < 4.78 is 5.39. The van der Waals surface area contributed by atoms with Crippen molar-refractivity contribution in [2.45, 2.75) is 13.8 Å². The largest absolute Gasteiger partial charge is 0.494 e. The summed E-state index contributed by atoms with van der Waals surface area (Å²) in [5.74, 6) is 0.440. The maximum Gasteiger partial charge on any atom is 0.275 e. The van der Waals surface area contributed by atoms with E-state index in [1.165, 1.54) is 12.4 Å². The zero-order chi connectivity index (χ0) is 14.5. The summed E-state index contributed by atoms with van der Waals surface area (Å²) >= 11 is 5.63. The van der Waals surface area contributed by atoms with Gasteiger partial charge in [-0.25, -0.2) is 9.97 Å². The number of aromatic nitrogens is 2. The van der Waals surface area contributed by atoms with Crippen molar-refractivity contribution in [1.29, 1.82) is 0 Å². The fourth-order valence-corrected chi connectivity index (χ4v) is 1.75. The molecule has 0 fully saturated rings. The summed E-state index contributed by atoms with van der Waals surface area (Å²) in [6, 6.07) is 5.47. The number of amides is 1. The molecule has 1 heterocycles. The quantitative estimate of drug-likeness (QED) is 0.940. The van der Waals surface area contributed by atoms with Crippen LogP contribution < -0.4 is 10.1 Å². The van der Waals surface area contributed by atoms with Crippen LogP contribution in [0.2, 0.25) is 5.15 Å². The predicted molar refractivity (Wildman–Crippen MR) is 77.3 cm³/mol. The van der Waals surface area contributed by atoms with Crippen LogP contribution in [0.3, 0.4) is 0 Å².